The summed E-state index contributed by atoms with van der Waals surface area (Å²) in [4.78, 5) is 2.14. The van der Waals surface area contributed by atoms with E-state index in [1.807, 2.05) is 14.1 Å². The zero-order valence-electron chi connectivity index (χ0n) is 11.1. The van der Waals surface area contributed by atoms with E-state index in [0.29, 0.717) is 12.5 Å². The highest BCUT2D eigenvalue weighted by molar-refractivity contribution is 5.48. The zero-order chi connectivity index (χ0) is 12.8. The maximum absolute atomic E-state index is 8.70. The Morgan fingerprint density at radius 3 is 2.35 bits per heavy atom. The molecular formula is C14H21N3. The molecular weight excluding hydrogens is 210 g/mol. The highest BCUT2D eigenvalue weighted by Gasteiger charge is 2.10. The first-order valence-electron chi connectivity index (χ1n) is 5.97. The highest BCUT2D eigenvalue weighted by Crippen LogP contribution is 2.20. The van der Waals surface area contributed by atoms with Gasteiger partial charge in [0.2, 0.25) is 0 Å². The van der Waals surface area contributed by atoms with E-state index >= 15 is 0 Å². The first-order chi connectivity index (χ1) is 8.10. The van der Waals surface area contributed by atoms with Crippen LogP contribution in [0.25, 0.3) is 0 Å². The molecule has 2 unspecified atom stereocenters. The van der Waals surface area contributed by atoms with Gasteiger partial charge < -0.3 is 10.2 Å². The van der Waals surface area contributed by atoms with Gasteiger partial charge in [0.05, 0.1) is 12.5 Å². The number of hydrogen-bond acceptors (Lipinski definition) is 3. The van der Waals surface area contributed by atoms with Crippen molar-refractivity contribution in [3.05, 3.63) is 29.8 Å². The summed E-state index contributed by atoms with van der Waals surface area (Å²) in [6, 6.07) is 11.3. The molecule has 0 heterocycles. The fraction of sp³-hybridized carbons (Fsp3) is 0.500. The third kappa shape index (κ3) is 3.47. The second-order valence-corrected chi connectivity index (χ2v) is 4.42. The smallest absolute Gasteiger partial charge is 0.0643 e. The van der Waals surface area contributed by atoms with Crippen molar-refractivity contribution in [1.82, 2.24) is 5.32 Å². The van der Waals surface area contributed by atoms with Crippen LogP contribution in [0.5, 0.6) is 0 Å². The van der Waals surface area contributed by atoms with Crippen LogP contribution in [-0.2, 0) is 0 Å². The average Bonchev–Trinajstić information content (AvgIpc) is 2.37. The minimum absolute atomic E-state index is 0.243. The molecule has 0 bridgehead atoms. The van der Waals surface area contributed by atoms with E-state index in [1.54, 1.807) is 0 Å². The molecule has 0 aliphatic rings. The molecule has 0 saturated heterocycles. The van der Waals surface area contributed by atoms with Gasteiger partial charge in [-0.3, -0.25) is 0 Å². The van der Waals surface area contributed by atoms with Crippen molar-refractivity contribution in [3.63, 3.8) is 0 Å². The van der Waals surface area contributed by atoms with Crippen molar-refractivity contribution < 1.29 is 0 Å². The molecule has 92 valence electrons. The average molecular weight is 231 g/mol. The minimum atomic E-state index is 0.243. The quantitative estimate of drug-likeness (QED) is 0.847. The predicted molar refractivity (Wildman–Crippen MR) is 72.0 cm³/mol. The Morgan fingerprint density at radius 2 is 1.88 bits per heavy atom. The number of nitrogens with one attached hydrogen (secondary N) is 1. The van der Waals surface area contributed by atoms with Gasteiger partial charge in [0.1, 0.15) is 0 Å². The van der Waals surface area contributed by atoms with Crippen molar-refractivity contribution in [2.24, 2.45) is 0 Å². The van der Waals surface area contributed by atoms with Gasteiger partial charge in [0.25, 0.3) is 0 Å². The van der Waals surface area contributed by atoms with Crippen LogP contribution < -0.4 is 10.2 Å². The van der Waals surface area contributed by atoms with Crippen molar-refractivity contribution in [1.29, 1.82) is 5.26 Å². The molecule has 17 heavy (non-hydrogen) atoms. The molecule has 0 aliphatic heterocycles. The summed E-state index contributed by atoms with van der Waals surface area (Å²) in [5.74, 6) is 0. The van der Waals surface area contributed by atoms with E-state index in [4.69, 9.17) is 5.26 Å². The number of nitrogens with zero attached hydrogens (tertiary/aromatic N) is 2. The van der Waals surface area contributed by atoms with Gasteiger partial charge in [-0.2, -0.15) is 5.26 Å². The van der Waals surface area contributed by atoms with Crippen LogP contribution in [0.2, 0.25) is 0 Å². The maximum Gasteiger partial charge on any atom is 0.0643 e. The third-order valence-corrected chi connectivity index (χ3v) is 3.28. The first-order valence-corrected chi connectivity index (χ1v) is 5.97. The van der Waals surface area contributed by atoms with Crippen molar-refractivity contribution in [3.8, 4) is 6.07 Å². The molecule has 1 aromatic rings. The van der Waals surface area contributed by atoms with Gasteiger partial charge in [-0.15, -0.1) is 0 Å². The molecule has 0 aliphatic carbocycles. The molecule has 0 saturated carbocycles. The van der Waals surface area contributed by atoms with Gasteiger partial charge in [-0.25, -0.2) is 0 Å². The van der Waals surface area contributed by atoms with Gasteiger partial charge in [0.15, 0.2) is 0 Å². The summed E-state index contributed by atoms with van der Waals surface area (Å²) in [6.07, 6.45) is 0.547. The molecule has 1 rings (SSSR count). The molecule has 3 heteroatoms. The maximum atomic E-state index is 8.70. The van der Waals surface area contributed by atoms with Crippen molar-refractivity contribution >= 4 is 5.69 Å². The summed E-state index contributed by atoms with van der Waals surface area (Å²) in [5.41, 5.74) is 2.43. The van der Waals surface area contributed by atoms with E-state index in [9.17, 15) is 0 Å². The second kappa shape index (κ2) is 6.27. The topological polar surface area (TPSA) is 39.1 Å². The van der Waals surface area contributed by atoms with Gasteiger partial charge in [-0.05, 0) is 38.6 Å². The van der Waals surface area contributed by atoms with E-state index in [-0.39, 0.29) is 6.04 Å². The molecule has 0 fully saturated rings. The fourth-order valence-corrected chi connectivity index (χ4v) is 1.69. The largest absolute Gasteiger partial charge is 0.371 e. The molecule has 1 aromatic carbocycles. The minimum Gasteiger partial charge on any atom is -0.371 e. The molecule has 3 nitrogen and oxygen atoms in total. The normalized spacial score (nSPS) is 13.8. The SMILES string of the molecule is CNC(C)c1ccc(N(C)C(C)CC#N)cc1. The van der Waals surface area contributed by atoms with Crippen LogP contribution >= 0.6 is 0 Å². The van der Waals surface area contributed by atoms with Crippen molar-refractivity contribution in [2.45, 2.75) is 32.4 Å². The Balaban J connectivity index is 2.77. The number of hydrogen-bond donors (Lipinski definition) is 1. The van der Waals surface area contributed by atoms with Gasteiger partial charge in [-0.1, -0.05) is 12.1 Å². The van der Waals surface area contributed by atoms with E-state index in [1.165, 1.54) is 5.56 Å². The summed E-state index contributed by atoms with van der Waals surface area (Å²) < 4.78 is 0. The van der Waals surface area contributed by atoms with E-state index in [2.05, 4.69) is 54.4 Å². The van der Waals surface area contributed by atoms with Gasteiger partial charge >= 0.3 is 0 Å². The Bertz CT molecular complexity index is 377. The summed E-state index contributed by atoms with van der Waals surface area (Å²) in [7, 11) is 3.98. The highest BCUT2D eigenvalue weighted by atomic mass is 15.1. The van der Waals surface area contributed by atoms with Crippen LogP contribution in [0.4, 0.5) is 5.69 Å². The van der Waals surface area contributed by atoms with E-state index in [0.717, 1.165) is 5.69 Å². The van der Waals surface area contributed by atoms with Crippen LogP contribution in [0, 0.1) is 11.3 Å². The predicted octanol–water partition coefficient (Wildman–Crippen LogP) is 2.71. The lowest BCUT2D eigenvalue weighted by Crippen LogP contribution is -2.28. The van der Waals surface area contributed by atoms with Crippen LogP contribution in [0.15, 0.2) is 24.3 Å². The van der Waals surface area contributed by atoms with Crippen LogP contribution in [0.3, 0.4) is 0 Å². The lowest BCUT2D eigenvalue weighted by molar-refractivity contribution is 0.651. The van der Waals surface area contributed by atoms with Gasteiger partial charge in [0, 0.05) is 24.8 Å². The number of benzene rings is 1. The molecule has 1 N–H and O–H groups in total. The number of nitriles is 1. The van der Waals surface area contributed by atoms with E-state index < -0.39 is 0 Å². The monoisotopic (exact) mass is 231 g/mol. The molecule has 2 atom stereocenters. The Hall–Kier alpha value is -1.53. The Morgan fingerprint density at radius 1 is 1.29 bits per heavy atom. The summed E-state index contributed by atoms with van der Waals surface area (Å²) in [5, 5.41) is 11.9. The van der Waals surface area contributed by atoms with Crippen LogP contribution in [-0.4, -0.2) is 20.1 Å². The Labute approximate surface area is 104 Å². The molecule has 0 radical (unpaired) electrons. The number of rotatable bonds is 5. The number of anilines is 1. The lowest BCUT2D eigenvalue weighted by Gasteiger charge is -2.25. The molecule has 0 spiro atoms. The summed E-state index contributed by atoms with van der Waals surface area (Å²) in [6.45, 7) is 4.20. The van der Waals surface area contributed by atoms with Crippen LogP contribution in [0.1, 0.15) is 31.9 Å². The lowest BCUT2D eigenvalue weighted by atomic mass is 10.1. The zero-order valence-corrected chi connectivity index (χ0v) is 11.1. The first kappa shape index (κ1) is 13.5. The fourth-order valence-electron chi connectivity index (χ4n) is 1.69. The van der Waals surface area contributed by atoms with Crippen molar-refractivity contribution in [2.75, 3.05) is 19.0 Å². The summed E-state index contributed by atoms with van der Waals surface area (Å²) >= 11 is 0. The third-order valence-electron chi connectivity index (χ3n) is 3.28. The Kier molecular flexibility index (Phi) is 4.99. The standard InChI is InChI=1S/C14H21N3/c1-11(9-10-15)17(4)14-7-5-13(6-8-14)12(2)16-3/h5-8,11-12,16H,9H2,1-4H3. The molecule has 0 amide bonds. The molecule has 0 aromatic heterocycles. The second-order valence-electron chi connectivity index (χ2n) is 4.42.